The first kappa shape index (κ1) is 14.9. The van der Waals surface area contributed by atoms with Crippen LogP contribution in [-0.2, 0) is 6.42 Å². The molecule has 0 aliphatic heterocycles. The Morgan fingerprint density at radius 3 is 2.95 bits per heavy atom. The van der Waals surface area contributed by atoms with Gasteiger partial charge in [-0.15, -0.1) is 0 Å². The minimum absolute atomic E-state index is 0.0842. The van der Waals surface area contributed by atoms with Gasteiger partial charge in [-0.2, -0.15) is 0 Å². The van der Waals surface area contributed by atoms with Crippen LogP contribution < -0.4 is 16.4 Å². The van der Waals surface area contributed by atoms with Gasteiger partial charge in [0, 0.05) is 34.9 Å². The molecule has 2 aromatic rings. The Morgan fingerprint density at radius 2 is 2.23 bits per heavy atom. The predicted molar refractivity (Wildman–Crippen MR) is 90.0 cm³/mol. The van der Waals surface area contributed by atoms with E-state index in [4.69, 9.17) is 5.73 Å². The molecule has 1 aromatic carbocycles. The van der Waals surface area contributed by atoms with Crippen LogP contribution in [0.3, 0.4) is 0 Å². The molecule has 0 saturated heterocycles. The van der Waals surface area contributed by atoms with Gasteiger partial charge in [0.15, 0.2) is 0 Å². The number of aromatic amines is 1. The molecule has 22 heavy (non-hydrogen) atoms. The van der Waals surface area contributed by atoms with Crippen molar-refractivity contribution in [3.05, 3.63) is 29.5 Å². The lowest BCUT2D eigenvalue weighted by Gasteiger charge is -2.26. The first-order valence-electron chi connectivity index (χ1n) is 8.07. The molecule has 5 nitrogen and oxygen atoms in total. The largest absolute Gasteiger partial charge is 0.357 e. The Bertz CT molecular complexity index is 691. The summed E-state index contributed by atoms with van der Waals surface area (Å²) in [5, 5.41) is 6.80. The standard InChI is InChI=1S/C17H24N4O/c1-3-10-7-13-12-9-11(20-17(22)19-4-2)5-6-15(12)21-16(13)14(18)8-10/h5-6,9-10,14,21H,3-4,7-8,18H2,1-2H3,(H2,19,20,22). The molecule has 1 heterocycles. The Kier molecular flexibility index (Phi) is 4.07. The Labute approximate surface area is 130 Å². The number of amides is 2. The number of nitrogens with one attached hydrogen (secondary N) is 3. The highest BCUT2D eigenvalue weighted by atomic mass is 16.2. The van der Waals surface area contributed by atoms with E-state index in [1.54, 1.807) is 0 Å². The van der Waals surface area contributed by atoms with Gasteiger partial charge in [0.25, 0.3) is 0 Å². The predicted octanol–water partition coefficient (Wildman–Crippen LogP) is 3.28. The first-order valence-corrected chi connectivity index (χ1v) is 8.07. The minimum atomic E-state index is -0.172. The third-order valence-electron chi connectivity index (χ3n) is 4.56. The maximum absolute atomic E-state index is 11.7. The van der Waals surface area contributed by atoms with Gasteiger partial charge in [-0.1, -0.05) is 13.3 Å². The second-order valence-corrected chi connectivity index (χ2v) is 6.08. The normalized spacial score (nSPS) is 20.7. The summed E-state index contributed by atoms with van der Waals surface area (Å²) in [6.07, 6.45) is 3.25. The number of H-pyrrole nitrogens is 1. The van der Waals surface area contributed by atoms with Gasteiger partial charge in [0.1, 0.15) is 0 Å². The zero-order valence-electron chi connectivity index (χ0n) is 13.2. The van der Waals surface area contributed by atoms with E-state index in [-0.39, 0.29) is 12.1 Å². The van der Waals surface area contributed by atoms with Crippen molar-refractivity contribution < 1.29 is 4.79 Å². The van der Waals surface area contributed by atoms with Crippen LogP contribution in [0.25, 0.3) is 10.9 Å². The van der Waals surface area contributed by atoms with Crippen molar-refractivity contribution in [1.29, 1.82) is 0 Å². The highest BCUT2D eigenvalue weighted by Gasteiger charge is 2.27. The van der Waals surface area contributed by atoms with Crippen molar-refractivity contribution in [2.75, 3.05) is 11.9 Å². The number of carbonyl (C=O) groups excluding carboxylic acids is 1. The zero-order valence-corrected chi connectivity index (χ0v) is 13.2. The number of urea groups is 1. The van der Waals surface area contributed by atoms with Gasteiger partial charge < -0.3 is 21.4 Å². The fourth-order valence-electron chi connectivity index (χ4n) is 3.38. The molecule has 0 bridgehead atoms. The summed E-state index contributed by atoms with van der Waals surface area (Å²) in [6.45, 7) is 4.73. The summed E-state index contributed by atoms with van der Waals surface area (Å²) in [4.78, 5) is 15.1. The van der Waals surface area contributed by atoms with E-state index in [0.29, 0.717) is 12.5 Å². The number of hydrogen-bond acceptors (Lipinski definition) is 2. The maximum atomic E-state index is 11.7. The van der Waals surface area contributed by atoms with Gasteiger partial charge in [-0.25, -0.2) is 4.79 Å². The smallest absolute Gasteiger partial charge is 0.319 e. The van der Waals surface area contributed by atoms with Gasteiger partial charge in [0.2, 0.25) is 0 Å². The SMILES string of the molecule is CCNC(=O)Nc1ccc2[nH]c3c(c2c1)CC(CC)CC3N. The average Bonchev–Trinajstić information content (AvgIpc) is 2.86. The molecule has 2 atom stereocenters. The van der Waals surface area contributed by atoms with Gasteiger partial charge in [-0.3, -0.25) is 0 Å². The van der Waals surface area contributed by atoms with E-state index in [1.807, 2.05) is 25.1 Å². The van der Waals surface area contributed by atoms with Crippen molar-refractivity contribution in [3.63, 3.8) is 0 Å². The highest BCUT2D eigenvalue weighted by Crippen LogP contribution is 2.38. The first-order chi connectivity index (χ1) is 10.6. The molecule has 0 saturated carbocycles. The lowest BCUT2D eigenvalue weighted by molar-refractivity contribution is 0.252. The summed E-state index contributed by atoms with van der Waals surface area (Å²) in [5.41, 5.74) is 10.7. The third kappa shape index (κ3) is 2.68. The van der Waals surface area contributed by atoms with Crippen LogP contribution in [0.2, 0.25) is 0 Å². The molecule has 1 aliphatic carbocycles. The van der Waals surface area contributed by atoms with E-state index in [1.165, 1.54) is 10.9 Å². The van der Waals surface area contributed by atoms with Crippen molar-refractivity contribution >= 4 is 22.6 Å². The molecule has 3 rings (SSSR count). The van der Waals surface area contributed by atoms with Crippen LogP contribution in [0.15, 0.2) is 18.2 Å². The molecule has 0 fully saturated rings. The van der Waals surface area contributed by atoms with Crippen LogP contribution in [0.1, 0.15) is 44.0 Å². The second kappa shape index (κ2) is 6.01. The van der Waals surface area contributed by atoms with E-state index < -0.39 is 0 Å². The number of benzene rings is 1. The molecular formula is C17H24N4O. The van der Waals surface area contributed by atoms with Crippen molar-refractivity contribution in [1.82, 2.24) is 10.3 Å². The van der Waals surface area contributed by atoms with Crippen LogP contribution in [0.4, 0.5) is 10.5 Å². The summed E-state index contributed by atoms with van der Waals surface area (Å²) in [7, 11) is 0. The molecule has 0 spiro atoms. The number of aromatic nitrogens is 1. The molecule has 2 amide bonds. The Hall–Kier alpha value is -2.01. The summed E-state index contributed by atoms with van der Waals surface area (Å²) < 4.78 is 0. The molecular weight excluding hydrogens is 276 g/mol. The summed E-state index contributed by atoms with van der Waals surface area (Å²) in [6, 6.07) is 5.89. The van der Waals surface area contributed by atoms with Gasteiger partial charge >= 0.3 is 6.03 Å². The molecule has 2 unspecified atom stereocenters. The topological polar surface area (TPSA) is 82.9 Å². The van der Waals surface area contributed by atoms with E-state index in [2.05, 4.69) is 22.5 Å². The van der Waals surface area contributed by atoms with Gasteiger partial charge in [-0.05, 0) is 49.4 Å². The third-order valence-corrected chi connectivity index (χ3v) is 4.56. The zero-order chi connectivity index (χ0) is 15.7. The fourth-order valence-corrected chi connectivity index (χ4v) is 3.38. The molecule has 5 heteroatoms. The number of hydrogen-bond donors (Lipinski definition) is 4. The quantitative estimate of drug-likeness (QED) is 0.701. The molecule has 1 aliphatic rings. The summed E-state index contributed by atoms with van der Waals surface area (Å²) in [5.74, 6) is 0.640. The van der Waals surface area contributed by atoms with Crippen LogP contribution in [-0.4, -0.2) is 17.6 Å². The second-order valence-electron chi connectivity index (χ2n) is 6.08. The van der Waals surface area contributed by atoms with Crippen molar-refractivity contribution in [2.24, 2.45) is 11.7 Å². The monoisotopic (exact) mass is 300 g/mol. The summed E-state index contributed by atoms with van der Waals surface area (Å²) >= 11 is 0. The van der Waals surface area contributed by atoms with E-state index in [9.17, 15) is 4.79 Å². The average molecular weight is 300 g/mol. The van der Waals surface area contributed by atoms with Crippen LogP contribution >= 0.6 is 0 Å². The lowest BCUT2D eigenvalue weighted by Crippen LogP contribution is -2.28. The number of anilines is 1. The highest BCUT2D eigenvalue weighted by molar-refractivity contribution is 5.94. The van der Waals surface area contributed by atoms with Crippen LogP contribution in [0, 0.1) is 5.92 Å². The van der Waals surface area contributed by atoms with Gasteiger partial charge in [0.05, 0.1) is 0 Å². The number of carbonyl (C=O) groups is 1. The Balaban J connectivity index is 1.96. The van der Waals surface area contributed by atoms with Crippen LogP contribution in [0.5, 0.6) is 0 Å². The molecule has 5 N–H and O–H groups in total. The molecule has 0 radical (unpaired) electrons. The van der Waals surface area contributed by atoms with Crippen molar-refractivity contribution in [2.45, 2.75) is 39.2 Å². The lowest BCUT2D eigenvalue weighted by atomic mass is 9.82. The number of fused-ring (bicyclic) bond motifs is 3. The minimum Gasteiger partial charge on any atom is -0.357 e. The maximum Gasteiger partial charge on any atom is 0.319 e. The van der Waals surface area contributed by atoms with E-state index in [0.717, 1.165) is 36.2 Å². The van der Waals surface area contributed by atoms with Crippen molar-refractivity contribution in [3.8, 4) is 0 Å². The Morgan fingerprint density at radius 1 is 1.41 bits per heavy atom. The molecule has 118 valence electrons. The fraction of sp³-hybridized carbons (Fsp3) is 0.471. The number of nitrogens with two attached hydrogens (primary N) is 1. The van der Waals surface area contributed by atoms with E-state index >= 15 is 0 Å². The number of rotatable bonds is 3. The molecule has 1 aromatic heterocycles.